The number of oxazole rings is 1. The van der Waals surface area contributed by atoms with Gasteiger partial charge in [0.2, 0.25) is 5.89 Å². The summed E-state index contributed by atoms with van der Waals surface area (Å²) < 4.78 is 7.74. The van der Waals surface area contributed by atoms with E-state index in [1.165, 1.54) is 5.56 Å². The van der Waals surface area contributed by atoms with E-state index in [2.05, 4.69) is 39.7 Å². The van der Waals surface area contributed by atoms with Crippen LogP contribution in [0.15, 0.2) is 28.8 Å². The van der Waals surface area contributed by atoms with Gasteiger partial charge in [0, 0.05) is 6.42 Å². The number of aromatic nitrogens is 3. The number of benzene rings is 1. The van der Waals surface area contributed by atoms with Crippen molar-refractivity contribution in [3.8, 4) is 0 Å². The van der Waals surface area contributed by atoms with E-state index >= 15 is 0 Å². The minimum absolute atomic E-state index is 0.370. The standard InChI is InChI=1S/C15H16ClN3O/c1-3-11-8-17-15(20-11)9-19-13-5-4-10(2)6-12(13)18-14(19)7-16/h4-6,8H,3,7,9H2,1-2H3. The molecule has 0 aliphatic rings. The van der Waals surface area contributed by atoms with E-state index < -0.39 is 0 Å². The fraction of sp³-hybridized carbons (Fsp3) is 0.333. The van der Waals surface area contributed by atoms with Crippen molar-refractivity contribution in [2.24, 2.45) is 0 Å². The lowest BCUT2D eigenvalue weighted by atomic mass is 10.2. The van der Waals surface area contributed by atoms with Gasteiger partial charge >= 0.3 is 0 Å². The van der Waals surface area contributed by atoms with Gasteiger partial charge in [-0.15, -0.1) is 11.6 Å². The molecule has 0 fully saturated rings. The van der Waals surface area contributed by atoms with Gasteiger partial charge in [-0.1, -0.05) is 13.0 Å². The maximum Gasteiger partial charge on any atom is 0.214 e. The number of fused-ring (bicyclic) bond motifs is 1. The van der Waals surface area contributed by atoms with Crippen molar-refractivity contribution < 1.29 is 4.42 Å². The van der Waals surface area contributed by atoms with E-state index in [1.807, 2.05) is 6.92 Å². The number of aryl methyl sites for hydroxylation is 2. The molecule has 0 N–H and O–H groups in total. The molecule has 0 saturated heterocycles. The Balaban J connectivity index is 2.04. The Hall–Kier alpha value is -1.81. The number of halogens is 1. The summed E-state index contributed by atoms with van der Waals surface area (Å²) in [5.41, 5.74) is 3.21. The normalized spacial score (nSPS) is 11.3. The molecule has 2 aromatic heterocycles. The van der Waals surface area contributed by atoms with Crippen LogP contribution in [0.4, 0.5) is 0 Å². The van der Waals surface area contributed by atoms with Gasteiger partial charge in [-0.05, 0) is 24.6 Å². The lowest BCUT2D eigenvalue weighted by Crippen LogP contribution is -2.04. The molecule has 3 rings (SSSR count). The molecule has 0 radical (unpaired) electrons. The van der Waals surface area contributed by atoms with E-state index in [0.717, 1.165) is 29.0 Å². The van der Waals surface area contributed by atoms with Gasteiger partial charge in [0.05, 0.1) is 23.1 Å². The molecule has 104 valence electrons. The van der Waals surface area contributed by atoms with Crippen molar-refractivity contribution in [3.63, 3.8) is 0 Å². The topological polar surface area (TPSA) is 43.9 Å². The molecule has 0 bridgehead atoms. The van der Waals surface area contributed by atoms with Crippen molar-refractivity contribution >= 4 is 22.6 Å². The van der Waals surface area contributed by atoms with E-state index in [4.69, 9.17) is 16.0 Å². The van der Waals surface area contributed by atoms with Crippen LogP contribution in [0.5, 0.6) is 0 Å². The number of rotatable bonds is 4. The minimum Gasteiger partial charge on any atom is -0.444 e. The minimum atomic E-state index is 0.370. The molecular formula is C15H16ClN3O. The highest BCUT2D eigenvalue weighted by molar-refractivity contribution is 6.16. The zero-order chi connectivity index (χ0) is 14.1. The van der Waals surface area contributed by atoms with E-state index in [0.29, 0.717) is 18.3 Å². The Morgan fingerprint density at radius 2 is 2.20 bits per heavy atom. The summed E-state index contributed by atoms with van der Waals surface area (Å²) in [5, 5.41) is 0. The van der Waals surface area contributed by atoms with Crippen molar-refractivity contribution in [3.05, 3.63) is 47.4 Å². The highest BCUT2D eigenvalue weighted by Gasteiger charge is 2.13. The zero-order valence-electron chi connectivity index (χ0n) is 11.6. The average Bonchev–Trinajstić information content (AvgIpc) is 3.03. The molecule has 0 saturated carbocycles. The van der Waals surface area contributed by atoms with E-state index in [1.54, 1.807) is 6.20 Å². The largest absolute Gasteiger partial charge is 0.444 e. The SMILES string of the molecule is CCc1cnc(Cn2c(CCl)nc3cc(C)ccc32)o1. The Kier molecular flexibility index (Phi) is 3.49. The predicted molar refractivity (Wildman–Crippen MR) is 79.0 cm³/mol. The van der Waals surface area contributed by atoms with Crippen LogP contribution >= 0.6 is 11.6 Å². The Bertz CT molecular complexity index is 745. The second-order valence-electron chi connectivity index (χ2n) is 4.81. The third kappa shape index (κ3) is 2.31. The van der Waals surface area contributed by atoms with E-state index in [-0.39, 0.29) is 0 Å². The summed E-state index contributed by atoms with van der Waals surface area (Å²) in [5.74, 6) is 2.79. The molecule has 2 heterocycles. The smallest absolute Gasteiger partial charge is 0.214 e. The van der Waals surface area contributed by atoms with Crippen molar-refractivity contribution in [1.29, 1.82) is 0 Å². The lowest BCUT2D eigenvalue weighted by molar-refractivity contribution is 0.446. The molecule has 1 aromatic carbocycles. The van der Waals surface area contributed by atoms with Crippen LogP contribution in [0.2, 0.25) is 0 Å². The molecule has 0 atom stereocenters. The molecule has 0 aliphatic carbocycles. The fourth-order valence-corrected chi connectivity index (χ4v) is 2.49. The first kappa shape index (κ1) is 13.2. The maximum absolute atomic E-state index is 6.01. The van der Waals surface area contributed by atoms with Crippen molar-refractivity contribution in [1.82, 2.24) is 14.5 Å². The molecule has 0 aliphatic heterocycles. The zero-order valence-corrected chi connectivity index (χ0v) is 12.3. The summed E-state index contributed by atoms with van der Waals surface area (Å²) >= 11 is 6.01. The molecule has 0 unspecified atom stereocenters. The molecule has 20 heavy (non-hydrogen) atoms. The number of nitrogens with zero attached hydrogens (tertiary/aromatic N) is 3. The second kappa shape index (κ2) is 5.29. The van der Waals surface area contributed by atoms with Gasteiger partial charge in [0.25, 0.3) is 0 Å². The summed E-state index contributed by atoms with van der Waals surface area (Å²) in [6.45, 7) is 4.66. The van der Waals surface area contributed by atoms with Crippen LogP contribution in [-0.2, 0) is 18.8 Å². The van der Waals surface area contributed by atoms with Crippen LogP contribution in [0.3, 0.4) is 0 Å². The molecule has 4 nitrogen and oxygen atoms in total. The number of hydrogen-bond donors (Lipinski definition) is 0. The van der Waals surface area contributed by atoms with Gasteiger partial charge in [0.15, 0.2) is 0 Å². The Morgan fingerprint density at radius 3 is 2.90 bits per heavy atom. The molecule has 5 heteroatoms. The average molecular weight is 290 g/mol. The van der Waals surface area contributed by atoms with Crippen molar-refractivity contribution in [2.45, 2.75) is 32.7 Å². The summed E-state index contributed by atoms with van der Waals surface area (Å²) in [6, 6.07) is 6.21. The molecule has 0 amide bonds. The summed E-state index contributed by atoms with van der Waals surface area (Å²) in [4.78, 5) is 8.88. The van der Waals surface area contributed by atoms with Gasteiger partial charge < -0.3 is 8.98 Å². The number of hydrogen-bond acceptors (Lipinski definition) is 3. The number of alkyl halides is 1. The highest BCUT2D eigenvalue weighted by atomic mass is 35.5. The third-order valence-corrected chi connectivity index (χ3v) is 3.58. The molecule has 0 spiro atoms. The fourth-order valence-electron chi connectivity index (χ4n) is 2.29. The van der Waals surface area contributed by atoms with Crippen LogP contribution < -0.4 is 0 Å². The van der Waals surface area contributed by atoms with Gasteiger partial charge in [0.1, 0.15) is 18.1 Å². The number of imidazole rings is 1. The lowest BCUT2D eigenvalue weighted by Gasteiger charge is -2.04. The molecule has 3 aromatic rings. The van der Waals surface area contributed by atoms with Gasteiger partial charge in [-0.3, -0.25) is 0 Å². The van der Waals surface area contributed by atoms with Crippen LogP contribution in [-0.4, -0.2) is 14.5 Å². The van der Waals surface area contributed by atoms with Crippen LogP contribution in [0, 0.1) is 6.92 Å². The molecular weight excluding hydrogens is 274 g/mol. The first-order valence-corrected chi connectivity index (χ1v) is 7.20. The second-order valence-corrected chi connectivity index (χ2v) is 5.08. The predicted octanol–water partition coefficient (Wildman–Crippen LogP) is 3.68. The van der Waals surface area contributed by atoms with Crippen molar-refractivity contribution in [2.75, 3.05) is 0 Å². The van der Waals surface area contributed by atoms with E-state index in [9.17, 15) is 0 Å². The summed E-state index contributed by atoms with van der Waals surface area (Å²) in [7, 11) is 0. The first-order valence-electron chi connectivity index (χ1n) is 6.66. The maximum atomic E-state index is 6.01. The van der Waals surface area contributed by atoms with Crippen LogP contribution in [0.1, 0.15) is 30.0 Å². The van der Waals surface area contributed by atoms with Crippen LogP contribution in [0.25, 0.3) is 11.0 Å². The quantitative estimate of drug-likeness (QED) is 0.688. The van der Waals surface area contributed by atoms with Gasteiger partial charge in [-0.2, -0.15) is 0 Å². The third-order valence-electron chi connectivity index (χ3n) is 3.35. The van der Waals surface area contributed by atoms with Gasteiger partial charge in [-0.25, -0.2) is 9.97 Å². The Morgan fingerprint density at radius 1 is 1.35 bits per heavy atom. The summed E-state index contributed by atoms with van der Waals surface area (Å²) in [6.07, 6.45) is 2.62. The highest BCUT2D eigenvalue weighted by Crippen LogP contribution is 2.20. The first-order chi connectivity index (χ1) is 9.71. The Labute approximate surface area is 122 Å². The monoisotopic (exact) mass is 289 g/mol.